The van der Waals surface area contributed by atoms with Crippen LogP contribution < -0.4 is 14.2 Å². The summed E-state index contributed by atoms with van der Waals surface area (Å²) in [4.78, 5) is 25.0. The second-order valence-electron chi connectivity index (χ2n) is 6.88. The molecule has 7 nitrogen and oxygen atoms in total. The van der Waals surface area contributed by atoms with Gasteiger partial charge in [-0.05, 0) is 41.4 Å². The molecule has 0 atom stereocenters. The smallest absolute Gasteiger partial charge is 0.311 e. The molecular formula is C23H18ClNO6. The van der Waals surface area contributed by atoms with Crippen molar-refractivity contribution in [2.75, 3.05) is 7.11 Å². The fraction of sp³-hybridized carbons (Fsp3) is 0.174. The number of halogens is 1. The molecule has 0 aliphatic carbocycles. The van der Waals surface area contributed by atoms with E-state index in [0.29, 0.717) is 51.3 Å². The normalized spacial score (nSPS) is 13.8. The molecule has 158 valence electrons. The molecule has 0 saturated carbocycles. The quantitative estimate of drug-likeness (QED) is 0.309. The highest BCUT2D eigenvalue weighted by atomic mass is 35.5. The Hall–Kier alpha value is -3.58. The van der Waals surface area contributed by atoms with Crippen LogP contribution in [-0.4, -0.2) is 24.0 Å². The van der Waals surface area contributed by atoms with Crippen LogP contribution in [0.1, 0.15) is 33.7 Å². The fourth-order valence-corrected chi connectivity index (χ4v) is 3.38. The van der Waals surface area contributed by atoms with E-state index in [0.717, 1.165) is 0 Å². The van der Waals surface area contributed by atoms with Crippen LogP contribution in [0.15, 0.2) is 52.7 Å². The van der Waals surface area contributed by atoms with Gasteiger partial charge < -0.3 is 18.7 Å². The van der Waals surface area contributed by atoms with Crippen molar-refractivity contribution in [2.45, 2.75) is 19.8 Å². The maximum atomic E-state index is 12.8. The predicted molar refractivity (Wildman–Crippen MR) is 113 cm³/mol. The van der Waals surface area contributed by atoms with E-state index in [1.807, 2.05) is 6.07 Å². The van der Waals surface area contributed by atoms with Gasteiger partial charge in [-0.3, -0.25) is 9.59 Å². The second kappa shape index (κ2) is 8.65. The highest BCUT2D eigenvalue weighted by molar-refractivity contribution is 6.32. The Kier molecular flexibility index (Phi) is 5.77. The minimum absolute atomic E-state index is 0.0892. The Labute approximate surface area is 183 Å². The fourth-order valence-electron chi connectivity index (χ4n) is 3.19. The van der Waals surface area contributed by atoms with E-state index in [-0.39, 0.29) is 18.0 Å². The van der Waals surface area contributed by atoms with Gasteiger partial charge in [0.25, 0.3) is 5.88 Å². The Morgan fingerprint density at radius 3 is 2.77 bits per heavy atom. The van der Waals surface area contributed by atoms with Gasteiger partial charge >= 0.3 is 5.97 Å². The first-order chi connectivity index (χ1) is 14.9. The first kappa shape index (κ1) is 20.7. The van der Waals surface area contributed by atoms with Gasteiger partial charge in [-0.1, -0.05) is 29.8 Å². The van der Waals surface area contributed by atoms with E-state index < -0.39 is 5.97 Å². The van der Waals surface area contributed by atoms with Crippen LogP contribution in [0.25, 0.3) is 6.08 Å². The van der Waals surface area contributed by atoms with Gasteiger partial charge in [-0.2, -0.15) is 0 Å². The molecule has 1 aliphatic rings. The number of Topliss-reactive ketones (excluding diaryl/α,β-unsaturated/α-hetero) is 1. The molecule has 0 spiro atoms. The summed E-state index contributed by atoms with van der Waals surface area (Å²) in [6.07, 6.45) is 2.01. The summed E-state index contributed by atoms with van der Waals surface area (Å²) >= 11 is 6.17. The van der Waals surface area contributed by atoms with Crippen LogP contribution in [0.2, 0.25) is 5.02 Å². The highest BCUT2D eigenvalue weighted by Gasteiger charge is 2.30. The molecule has 8 heteroatoms. The molecule has 0 bridgehead atoms. The number of carbonyl (C=O) groups excluding carboxylic acids is 2. The van der Waals surface area contributed by atoms with Gasteiger partial charge in [-0.15, -0.1) is 0 Å². The molecule has 0 radical (unpaired) electrons. The van der Waals surface area contributed by atoms with Crippen molar-refractivity contribution in [1.29, 1.82) is 0 Å². The van der Waals surface area contributed by atoms with E-state index in [1.165, 1.54) is 13.2 Å². The Morgan fingerprint density at radius 1 is 1.23 bits per heavy atom. The lowest BCUT2D eigenvalue weighted by Gasteiger charge is -2.07. The summed E-state index contributed by atoms with van der Waals surface area (Å²) in [5.74, 6) is 0.959. The lowest BCUT2D eigenvalue weighted by atomic mass is 10.0. The number of aryl methyl sites for hydroxylation is 2. The number of ketones is 1. The zero-order valence-electron chi connectivity index (χ0n) is 16.8. The highest BCUT2D eigenvalue weighted by Crippen LogP contribution is 2.38. The van der Waals surface area contributed by atoms with Gasteiger partial charge in [-0.25, -0.2) is 0 Å². The maximum Gasteiger partial charge on any atom is 0.311 e. The van der Waals surface area contributed by atoms with Gasteiger partial charge in [0.15, 0.2) is 5.76 Å². The van der Waals surface area contributed by atoms with Crippen LogP contribution >= 0.6 is 11.6 Å². The lowest BCUT2D eigenvalue weighted by molar-refractivity contribution is -0.134. The molecule has 1 aliphatic heterocycles. The van der Waals surface area contributed by atoms with Crippen molar-refractivity contribution in [3.63, 3.8) is 0 Å². The van der Waals surface area contributed by atoms with Crippen LogP contribution in [0.5, 0.6) is 17.4 Å². The van der Waals surface area contributed by atoms with E-state index in [2.05, 4.69) is 5.16 Å². The SMILES string of the molecule is COc1cc(CCC(=O)Oc2cc(C)c3c(c2)O/C(=C\c2ccccc2Cl)C3=O)on1. The Morgan fingerprint density at radius 2 is 2.03 bits per heavy atom. The number of carbonyl (C=O) groups is 2. The molecule has 3 aromatic rings. The van der Waals surface area contributed by atoms with Crippen LogP contribution in [0.3, 0.4) is 0 Å². The number of nitrogens with zero attached hydrogens (tertiary/aromatic N) is 1. The molecule has 1 aromatic heterocycles. The molecule has 0 saturated heterocycles. The number of allylic oxidation sites excluding steroid dienone is 1. The number of aromatic nitrogens is 1. The minimum atomic E-state index is -0.453. The van der Waals surface area contributed by atoms with Gasteiger partial charge in [0.2, 0.25) is 5.78 Å². The number of ether oxygens (including phenoxy) is 3. The average Bonchev–Trinajstić information content (AvgIpc) is 3.33. The van der Waals surface area contributed by atoms with Crippen molar-refractivity contribution in [3.05, 3.63) is 75.7 Å². The monoisotopic (exact) mass is 439 g/mol. The van der Waals surface area contributed by atoms with Gasteiger partial charge in [0.1, 0.15) is 17.3 Å². The molecule has 31 heavy (non-hydrogen) atoms. The van der Waals surface area contributed by atoms with Crippen molar-refractivity contribution < 1.29 is 28.3 Å². The molecular weight excluding hydrogens is 422 g/mol. The maximum absolute atomic E-state index is 12.8. The zero-order valence-corrected chi connectivity index (χ0v) is 17.6. The zero-order chi connectivity index (χ0) is 22.0. The molecule has 4 rings (SSSR count). The minimum Gasteiger partial charge on any atom is -0.479 e. The Bertz CT molecular complexity index is 1200. The topological polar surface area (TPSA) is 87.9 Å². The number of benzene rings is 2. The third kappa shape index (κ3) is 4.46. The molecule has 0 fully saturated rings. The van der Waals surface area contributed by atoms with Crippen molar-refractivity contribution >= 4 is 29.4 Å². The van der Waals surface area contributed by atoms with E-state index in [9.17, 15) is 9.59 Å². The standard InChI is InChI=1S/C23H18ClNO6/c1-13-9-16(29-21(26)8-7-15-12-20(28-2)25-31-15)11-18-22(13)23(27)19(30-18)10-14-5-3-4-6-17(14)24/h3-6,9-12H,7-8H2,1-2H3/b19-10-. The van der Waals surface area contributed by atoms with Crippen LogP contribution in [0, 0.1) is 6.92 Å². The summed E-state index contributed by atoms with van der Waals surface area (Å²) < 4.78 is 21.2. The third-order valence-electron chi connectivity index (χ3n) is 4.69. The average molecular weight is 440 g/mol. The number of fused-ring (bicyclic) bond motifs is 1. The first-order valence-electron chi connectivity index (χ1n) is 9.48. The van der Waals surface area contributed by atoms with Gasteiger partial charge in [0, 0.05) is 23.6 Å². The number of hydrogen-bond donors (Lipinski definition) is 0. The number of hydrogen-bond acceptors (Lipinski definition) is 7. The summed E-state index contributed by atoms with van der Waals surface area (Å²) in [7, 11) is 1.48. The summed E-state index contributed by atoms with van der Waals surface area (Å²) in [6, 6.07) is 11.9. The second-order valence-corrected chi connectivity index (χ2v) is 7.29. The molecule has 0 amide bonds. The number of methoxy groups -OCH3 is 1. The number of esters is 1. The third-order valence-corrected chi connectivity index (χ3v) is 5.03. The van der Waals surface area contributed by atoms with E-state index in [4.69, 9.17) is 30.3 Å². The van der Waals surface area contributed by atoms with Crippen molar-refractivity contribution in [1.82, 2.24) is 5.16 Å². The van der Waals surface area contributed by atoms with E-state index >= 15 is 0 Å². The molecule has 2 aromatic carbocycles. The number of rotatable bonds is 6. The van der Waals surface area contributed by atoms with E-state index in [1.54, 1.807) is 43.3 Å². The van der Waals surface area contributed by atoms with Crippen molar-refractivity contribution in [2.24, 2.45) is 0 Å². The summed E-state index contributed by atoms with van der Waals surface area (Å²) in [5, 5.41) is 4.20. The molecule has 2 heterocycles. The first-order valence-corrected chi connectivity index (χ1v) is 9.86. The lowest BCUT2D eigenvalue weighted by Crippen LogP contribution is -2.09. The molecule has 0 N–H and O–H groups in total. The van der Waals surface area contributed by atoms with Crippen molar-refractivity contribution in [3.8, 4) is 17.4 Å². The summed E-state index contributed by atoms with van der Waals surface area (Å²) in [6.45, 7) is 1.76. The predicted octanol–water partition coefficient (Wildman–Crippen LogP) is 4.80. The largest absolute Gasteiger partial charge is 0.479 e. The van der Waals surface area contributed by atoms with Gasteiger partial charge in [0.05, 0.1) is 19.1 Å². The molecule has 0 unspecified atom stereocenters. The van der Waals surface area contributed by atoms with Crippen LogP contribution in [-0.2, 0) is 11.2 Å². The van der Waals surface area contributed by atoms with Crippen LogP contribution in [0.4, 0.5) is 0 Å². The summed E-state index contributed by atoms with van der Waals surface area (Å²) in [5.41, 5.74) is 1.76. The Balaban J connectivity index is 1.47.